The maximum Gasteiger partial charge on any atom is 0.200 e. The first kappa shape index (κ1) is 12.1. The Bertz CT molecular complexity index is 416. The highest BCUT2D eigenvalue weighted by molar-refractivity contribution is 5.48. The molecule has 0 radical (unpaired) electrons. The lowest BCUT2D eigenvalue weighted by Gasteiger charge is -2.14. The molecule has 1 aliphatic heterocycles. The van der Waals surface area contributed by atoms with E-state index in [1.165, 1.54) is 0 Å². The Labute approximate surface area is 93.4 Å². The van der Waals surface area contributed by atoms with E-state index in [9.17, 15) is 22.0 Å². The Morgan fingerprint density at radius 3 is 1.88 bits per heavy atom. The lowest BCUT2D eigenvalue weighted by atomic mass is 10.2. The second-order valence-corrected chi connectivity index (χ2v) is 3.65. The Morgan fingerprint density at radius 1 is 0.882 bits per heavy atom. The summed E-state index contributed by atoms with van der Waals surface area (Å²) in [6.07, 6.45) is 0.444. The lowest BCUT2D eigenvalue weighted by molar-refractivity contribution is 0.195. The molecule has 0 spiro atoms. The summed E-state index contributed by atoms with van der Waals surface area (Å²) in [7, 11) is 0. The first-order chi connectivity index (χ1) is 8.02. The summed E-state index contributed by atoms with van der Waals surface area (Å²) in [5.41, 5.74) is -1.00. The lowest BCUT2D eigenvalue weighted by Crippen LogP contribution is -2.22. The van der Waals surface area contributed by atoms with Gasteiger partial charge in [0.2, 0.25) is 5.82 Å². The van der Waals surface area contributed by atoms with Crippen molar-refractivity contribution in [2.75, 3.05) is 18.5 Å². The molecule has 1 aromatic rings. The molecule has 0 aromatic heterocycles. The minimum absolute atomic E-state index is 0.166. The van der Waals surface area contributed by atoms with E-state index in [0.29, 0.717) is 13.0 Å². The molecule has 1 unspecified atom stereocenters. The molecule has 1 heterocycles. The van der Waals surface area contributed by atoms with Gasteiger partial charge in [0, 0.05) is 6.61 Å². The molecular weight excluding hydrogens is 245 g/mol. The normalized spacial score (nSPS) is 19.7. The van der Waals surface area contributed by atoms with Gasteiger partial charge >= 0.3 is 0 Å². The largest absolute Gasteiger partial charge is 0.379 e. The topological polar surface area (TPSA) is 21.3 Å². The number of hydrogen-bond acceptors (Lipinski definition) is 2. The number of halogens is 5. The number of benzene rings is 1. The molecule has 0 aliphatic carbocycles. The van der Waals surface area contributed by atoms with Gasteiger partial charge in [0.25, 0.3) is 0 Å². The molecule has 1 fully saturated rings. The number of rotatable bonds is 2. The van der Waals surface area contributed by atoms with Crippen LogP contribution in [0.25, 0.3) is 0 Å². The summed E-state index contributed by atoms with van der Waals surface area (Å²) in [6.45, 7) is 0.548. The van der Waals surface area contributed by atoms with Crippen molar-refractivity contribution < 1.29 is 26.7 Å². The van der Waals surface area contributed by atoms with Crippen LogP contribution in [0.4, 0.5) is 27.6 Å². The van der Waals surface area contributed by atoms with Crippen LogP contribution in [0.5, 0.6) is 0 Å². The Morgan fingerprint density at radius 2 is 1.41 bits per heavy atom. The van der Waals surface area contributed by atoms with Crippen molar-refractivity contribution in [3.05, 3.63) is 29.1 Å². The first-order valence-electron chi connectivity index (χ1n) is 4.88. The van der Waals surface area contributed by atoms with Gasteiger partial charge in [0.1, 0.15) is 5.69 Å². The van der Waals surface area contributed by atoms with Crippen molar-refractivity contribution >= 4 is 5.69 Å². The average Bonchev–Trinajstić information content (AvgIpc) is 2.82. The number of nitrogens with one attached hydrogen (secondary N) is 1. The summed E-state index contributed by atoms with van der Waals surface area (Å²) in [6, 6.07) is -0.455. The van der Waals surface area contributed by atoms with Crippen LogP contribution in [0.1, 0.15) is 6.42 Å². The zero-order chi connectivity index (χ0) is 12.6. The van der Waals surface area contributed by atoms with Crippen LogP contribution in [0.3, 0.4) is 0 Å². The molecule has 2 rings (SSSR count). The number of ether oxygens (including phenoxy) is 1. The van der Waals surface area contributed by atoms with E-state index in [1.54, 1.807) is 0 Å². The fourth-order valence-corrected chi connectivity index (χ4v) is 1.58. The highest BCUT2D eigenvalue weighted by Gasteiger charge is 2.28. The smallest absolute Gasteiger partial charge is 0.200 e. The predicted molar refractivity (Wildman–Crippen MR) is 49.1 cm³/mol. The van der Waals surface area contributed by atoms with Crippen LogP contribution >= 0.6 is 0 Å². The molecule has 0 saturated carbocycles. The van der Waals surface area contributed by atoms with Crippen molar-refractivity contribution in [1.82, 2.24) is 0 Å². The van der Waals surface area contributed by atoms with E-state index in [-0.39, 0.29) is 6.61 Å². The van der Waals surface area contributed by atoms with Gasteiger partial charge in [-0.05, 0) is 6.42 Å². The molecule has 0 bridgehead atoms. The standard InChI is InChI=1S/C10H8F5NO/c11-5-6(12)8(14)10(9(15)7(5)13)16-4-1-2-17-3-4/h4,16H,1-3H2. The van der Waals surface area contributed by atoms with Gasteiger partial charge in [0.05, 0.1) is 12.6 Å². The highest BCUT2D eigenvalue weighted by Crippen LogP contribution is 2.28. The molecule has 1 N–H and O–H groups in total. The van der Waals surface area contributed by atoms with Gasteiger partial charge in [0.15, 0.2) is 23.3 Å². The maximum atomic E-state index is 13.2. The zero-order valence-corrected chi connectivity index (χ0v) is 8.50. The monoisotopic (exact) mass is 253 g/mol. The van der Waals surface area contributed by atoms with Gasteiger partial charge < -0.3 is 10.1 Å². The van der Waals surface area contributed by atoms with E-state index in [4.69, 9.17) is 4.74 Å². The highest BCUT2D eigenvalue weighted by atomic mass is 19.2. The van der Waals surface area contributed by atoms with Crippen molar-refractivity contribution in [2.45, 2.75) is 12.5 Å². The molecule has 2 nitrogen and oxygen atoms in total. The van der Waals surface area contributed by atoms with Gasteiger partial charge in [-0.25, -0.2) is 22.0 Å². The summed E-state index contributed by atoms with van der Waals surface area (Å²) in [5.74, 6) is -9.77. The summed E-state index contributed by atoms with van der Waals surface area (Å²) in [4.78, 5) is 0. The molecule has 1 aromatic carbocycles. The molecule has 1 saturated heterocycles. The van der Waals surface area contributed by atoms with E-state index in [2.05, 4.69) is 5.32 Å². The molecule has 0 amide bonds. The molecule has 7 heteroatoms. The fraction of sp³-hybridized carbons (Fsp3) is 0.400. The fourth-order valence-electron chi connectivity index (χ4n) is 1.58. The Balaban J connectivity index is 2.38. The first-order valence-corrected chi connectivity index (χ1v) is 4.88. The van der Waals surface area contributed by atoms with Crippen LogP contribution in [0, 0.1) is 29.1 Å². The second kappa shape index (κ2) is 4.48. The minimum atomic E-state index is -2.16. The second-order valence-electron chi connectivity index (χ2n) is 3.65. The zero-order valence-electron chi connectivity index (χ0n) is 8.50. The van der Waals surface area contributed by atoms with Gasteiger partial charge in [-0.15, -0.1) is 0 Å². The van der Waals surface area contributed by atoms with Crippen LogP contribution in [-0.2, 0) is 4.74 Å². The van der Waals surface area contributed by atoms with E-state index < -0.39 is 40.8 Å². The van der Waals surface area contributed by atoms with Crippen LogP contribution in [0.15, 0.2) is 0 Å². The summed E-state index contributed by atoms with van der Waals surface area (Å²) in [5, 5.41) is 2.26. The van der Waals surface area contributed by atoms with Gasteiger partial charge in [-0.2, -0.15) is 0 Å². The third kappa shape index (κ3) is 2.06. The maximum absolute atomic E-state index is 13.2. The van der Waals surface area contributed by atoms with Crippen LogP contribution < -0.4 is 5.32 Å². The number of hydrogen-bond donors (Lipinski definition) is 1. The number of anilines is 1. The van der Waals surface area contributed by atoms with E-state index in [0.717, 1.165) is 0 Å². The van der Waals surface area contributed by atoms with Crippen LogP contribution in [-0.4, -0.2) is 19.3 Å². The minimum Gasteiger partial charge on any atom is -0.379 e. The van der Waals surface area contributed by atoms with Crippen molar-refractivity contribution in [1.29, 1.82) is 0 Å². The van der Waals surface area contributed by atoms with Gasteiger partial charge in [-0.1, -0.05) is 0 Å². The summed E-state index contributed by atoms with van der Waals surface area (Å²) >= 11 is 0. The molecule has 1 aliphatic rings. The van der Waals surface area contributed by atoms with Crippen molar-refractivity contribution in [3.8, 4) is 0 Å². The van der Waals surface area contributed by atoms with Crippen molar-refractivity contribution in [3.63, 3.8) is 0 Å². The third-order valence-corrected chi connectivity index (χ3v) is 2.49. The molecule has 17 heavy (non-hydrogen) atoms. The third-order valence-electron chi connectivity index (χ3n) is 2.49. The van der Waals surface area contributed by atoms with E-state index in [1.807, 2.05) is 0 Å². The predicted octanol–water partition coefficient (Wildman–Crippen LogP) is 2.58. The Hall–Kier alpha value is -1.37. The van der Waals surface area contributed by atoms with E-state index >= 15 is 0 Å². The summed E-state index contributed by atoms with van der Waals surface area (Å²) < 4.78 is 69.8. The molecule has 94 valence electrons. The quantitative estimate of drug-likeness (QED) is 0.497. The molecular formula is C10H8F5NO. The van der Waals surface area contributed by atoms with Gasteiger partial charge in [-0.3, -0.25) is 0 Å². The van der Waals surface area contributed by atoms with Crippen LogP contribution in [0.2, 0.25) is 0 Å². The molecule has 1 atom stereocenters. The average molecular weight is 253 g/mol. The Kier molecular flexibility index (Phi) is 3.19. The SMILES string of the molecule is Fc1c(F)c(F)c(NC2CCOC2)c(F)c1F. The van der Waals surface area contributed by atoms with Crippen molar-refractivity contribution in [2.24, 2.45) is 0 Å².